The minimum absolute atomic E-state index is 0.143. The van der Waals surface area contributed by atoms with Gasteiger partial charge in [-0.1, -0.05) is 20.8 Å². The average molecular weight is 213 g/mol. The summed E-state index contributed by atoms with van der Waals surface area (Å²) in [5.74, 6) is 0.211. The smallest absolute Gasteiger partial charge is 0.228 e. The molecule has 3 heteroatoms. The Labute approximate surface area is 92.8 Å². The van der Waals surface area contributed by atoms with Crippen LogP contribution in [0.3, 0.4) is 0 Å². The van der Waals surface area contributed by atoms with E-state index in [-0.39, 0.29) is 23.0 Å². The van der Waals surface area contributed by atoms with Crippen molar-refractivity contribution in [3.63, 3.8) is 0 Å². The summed E-state index contributed by atoms with van der Waals surface area (Å²) in [5.41, 5.74) is -0.495. The lowest BCUT2D eigenvalue weighted by molar-refractivity contribution is -0.161. The predicted octanol–water partition coefficient (Wildman–Crippen LogP) is 2.06. The van der Waals surface area contributed by atoms with Gasteiger partial charge in [-0.3, -0.25) is 4.79 Å². The SMILES string of the molecule is CC1CN(C(=O)C(C)(C)C)C(C)(C)CO1. The Morgan fingerprint density at radius 2 is 1.93 bits per heavy atom. The second kappa shape index (κ2) is 3.78. The van der Waals surface area contributed by atoms with Crippen molar-refractivity contribution in [1.29, 1.82) is 0 Å². The van der Waals surface area contributed by atoms with E-state index in [0.717, 1.165) is 0 Å². The van der Waals surface area contributed by atoms with Crippen LogP contribution in [-0.4, -0.2) is 35.6 Å². The number of rotatable bonds is 0. The quantitative estimate of drug-likeness (QED) is 0.616. The van der Waals surface area contributed by atoms with Crippen LogP contribution in [0.25, 0.3) is 0 Å². The van der Waals surface area contributed by atoms with Crippen molar-refractivity contribution in [2.75, 3.05) is 13.2 Å². The van der Waals surface area contributed by atoms with Crippen molar-refractivity contribution >= 4 is 5.91 Å². The molecular formula is C12H23NO2. The zero-order valence-corrected chi connectivity index (χ0v) is 10.8. The fraction of sp³-hybridized carbons (Fsp3) is 0.917. The van der Waals surface area contributed by atoms with E-state index in [1.165, 1.54) is 0 Å². The van der Waals surface area contributed by atoms with Gasteiger partial charge in [-0.2, -0.15) is 0 Å². The van der Waals surface area contributed by atoms with Crippen molar-refractivity contribution in [3.8, 4) is 0 Å². The van der Waals surface area contributed by atoms with Gasteiger partial charge < -0.3 is 9.64 Å². The van der Waals surface area contributed by atoms with E-state index in [0.29, 0.717) is 13.2 Å². The standard InChI is InChI=1S/C12H23NO2/c1-9-7-13(10(14)11(2,3)4)12(5,6)8-15-9/h9H,7-8H2,1-6H3. The van der Waals surface area contributed by atoms with Crippen LogP contribution in [0, 0.1) is 5.41 Å². The molecule has 1 unspecified atom stereocenters. The molecule has 1 aliphatic rings. The number of nitrogens with zero attached hydrogens (tertiary/aromatic N) is 1. The first-order chi connectivity index (χ1) is 6.64. The van der Waals surface area contributed by atoms with Crippen molar-refractivity contribution in [2.24, 2.45) is 5.41 Å². The minimum Gasteiger partial charge on any atom is -0.374 e. The number of hydrogen-bond acceptors (Lipinski definition) is 2. The summed E-state index contributed by atoms with van der Waals surface area (Å²) in [6.45, 7) is 13.3. The molecule has 1 amide bonds. The van der Waals surface area contributed by atoms with Crippen LogP contribution in [0.5, 0.6) is 0 Å². The normalized spacial score (nSPS) is 26.5. The Kier molecular flexibility index (Phi) is 3.15. The van der Waals surface area contributed by atoms with Crippen LogP contribution in [0.1, 0.15) is 41.5 Å². The van der Waals surface area contributed by atoms with Crippen molar-refractivity contribution < 1.29 is 9.53 Å². The largest absolute Gasteiger partial charge is 0.374 e. The molecule has 1 aliphatic heterocycles. The third-order valence-corrected chi connectivity index (χ3v) is 2.78. The monoisotopic (exact) mass is 213 g/mol. The molecule has 0 aromatic heterocycles. The maximum atomic E-state index is 12.3. The van der Waals surface area contributed by atoms with Gasteiger partial charge in [0, 0.05) is 12.0 Å². The molecule has 1 fully saturated rings. The Bertz CT molecular complexity index is 253. The zero-order chi connectivity index (χ0) is 11.9. The Morgan fingerprint density at radius 1 is 1.40 bits per heavy atom. The van der Waals surface area contributed by atoms with Gasteiger partial charge in [0.15, 0.2) is 0 Å². The first-order valence-corrected chi connectivity index (χ1v) is 5.58. The molecule has 1 atom stereocenters. The van der Waals surface area contributed by atoms with Gasteiger partial charge in [-0.05, 0) is 20.8 Å². The van der Waals surface area contributed by atoms with Crippen LogP contribution < -0.4 is 0 Å². The second-order valence-electron chi connectivity index (χ2n) is 6.10. The molecular weight excluding hydrogens is 190 g/mol. The lowest BCUT2D eigenvalue weighted by atomic mass is 9.90. The van der Waals surface area contributed by atoms with Crippen LogP contribution in [0.15, 0.2) is 0 Å². The van der Waals surface area contributed by atoms with Gasteiger partial charge in [-0.25, -0.2) is 0 Å². The van der Waals surface area contributed by atoms with E-state index in [9.17, 15) is 4.79 Å². The van der Waals surface area contributed by atoms with Gasteiger partial charge in [-0.15, -0.1) is 0 Å². The number of amides is 1. The highest BCUT2D eigenvalue weighted by atomic mass is 16.5. The molecule has 0 aliphatic carbocycles. The zero-order valence-electron chi connectivity index (χ0n) is 10.8. The summed E-state index contributed by atoms with van der Waals surface area (Å²) >= 11 is 0. The molecule has 0 spiro atoms. The summed E-state index contributed by atoms with van der Waals surface area (Å²) in [6, 6.07) is 0. The van der Waals surface area contributed by atoms with E-state index < -0.39 is 0 Å². The molecule has 88 valence electrons. The number of ether oxygens (including phenoxy) is 1. The minimum atomic E-state index is -0.311. The van der Waals surface area contributed by atoms with E-state index >= 15 is 0 Å². The van der Waals surface area contributed by atoms with Crippen molar-refractivity contribution in [1.82, 2.24) is 4.90 Å². The van der Waals surface area contributed by atoms with Gasteiger partial charge in [0.05, 0.1) is 18.2 Å². The molecule has 0 aromatic carbocycles. The molecule has 1 saturated heterocycles. The summed E-state index contributed by atoms with van der Waals surface area (Å²) in [7, 11) is 0. The highest BCUT2D eigenvalue weighted by Gasteiger charge is 2.40. The number of morpholine rings is 1. The highest BCUT2D eigenvalue weighted by Crippen LogP contribution is 2.28. The fourth-order valence-electron chi connectivity index (χ4n) is 1.74. The Morgan fingerprint density at radius 3 is 2.40 bits per heavy atom. The third kappa shape index (κ3) is 2.71. The van der Waals surface area contributed by atoms with E-state index in [2.05, 4.69) is 13.8 Å². The topological polar surface area (TPSA) is 29.5 Å². The average Bonchev–Trinajstić information content (AvgIpc) is 2.06. The number of hydrogen-bond donors (Lipinski definition) is 0. The predicted molar refractivity (Wildman–Crippen MR) is 60.7 cm³/mol. The molecule has 15 heavy (non-hydrogen) atoms. The van der Waals surface area contributed by atoms with Crippen LogP contribution in [-0.2, 0) is 9.53 Å². The van der Waals surface area contributed by atoms with E-state index in [1.54, 1.807) is 0 Å². The fourth-order valence-corrected chi connectivity index (χ4v) is 1.74. The summed E-state index contributed by atoms with van der Waals surface area (Å²) in [4.78, 5) is 14.2. The maximum Gasteiger partial charge on any atom is 0.228 e. The first-order valence-electron chi connectivity index (χ1n) is 5.58. The summed E-state index contributed by atoms with van der Waals surface area (Å²) in [6.07, 6.45) is 0.143. The summed E-state index contributed by atoms with van der Waals surface area (Å²) < 4.78 is 5.59. The number of carbonyl (C=O) groups is 1. The maximum absolute atomic E-state index is 12.3. The molecule has 0 radical (unpaired) electrons. The molecule has 0 N–H and O–H groups in total. The van der Waals surface area contributed by atoms with E-state index in [4.69, 9.17) is 4.74 Å². The van der Waals surface area contributed by atoms with Crippen LogP contribution in [0.4, 0.5) is 0 Å². The Hall–Kier alpha value is -0.570. The van der Waals surface area contributed by atoms with Gasteiger partial charge >= 0.3 is 0 Å². The van der Waals surface area contributed by atoms with Gasteiger partial charge in [0.25, 0.3) is 0 Å². The summed E-state index contributed by atoms with van der Waals surface area (Å²) in [5, 5.41) is 0. The van der Waals surface area contributed by atoms with Gasteiger partial charge in [0.1, 0.15) is 0 Å². The van der Waals surface area contributed by atoms with E-state index in [1.807, 2.05) is 32.6 Å². The van der Waals surface area contributed by atoms with Crippen LogP contribution in [0.2, 0.25) is 0 Å². The molecule has 0 bridgehead atoms. The number of carbonyl (C=O) groups excluding carboxylic acids is 1. The van der Waals surface area contributed by atoms with Crippen LogP contribution >= 0.6 is 0 Å². The molecule has 3 nitrogen and oxygen atoms in total. The molecule has 0 saturated carbocycles. The molecule has 0 aromatic rings. The van der Waals surface area contributed by atoms with Crippen molar-refractivity contribution in [2.45, 2.75) is 53.2 Å². The lowest BCUT2D eigenvalue weighted by Crippen LogP contribution is -2.60. The second-order valence-corrected chi connectivity index (χ2v) is 6.10. The third-order valence-electron chi connectivity index (χ3n) is 2.78. The van der Waals surface area contributed by atoms with Crippen molar-refractivity contribution in [3.05, 3.63) is 0 Å². The molecule has 1 rings (SSSR count). The van der Waals surface area contributed by atoms with Gasteiger partial charge in [0.2, 0.25) is 5.91 Å². The lowest BCUT2D eigenvalue weighted by Gasteiger charge is -2.46. The highest BCUT2D eigenvalue weighted by molar-refractivity contribution is 5.82. The Balaban J connectivity index is 2.86. The molecule has 1 heterocycles. The first kappa shape index (κ1) is 12.5.